The van der Waals surface area contributed by atoms with E-state index in [1.54, 1.807) is 30.5 Å². The number of aromatic nitrogens is 1. The molecular formula is C14H17N3O2S. The highest BCUT2D eigenvalue weighted by Gasteiger charge is 2.10. The second kappa shape index (κ2) is 6.49. The van der Waals surface area contributed by atoms with Crippen molar-refractivity contribution in [2.45, 2.75) is 13.0 Å². The Morgan fingerprint density at radius 2 is 2.00 bits per heavy atom. The molecule has 2 aromatic rings. The minimum Gasteiger partial charge on any atom is -0.399 e. The number of nitrogens with one attached hydrogen (secondary N) is 1. The van der Waals surface area contributed by atoms with Crippen LogP contribution >= 0.6 is 0 Å². The third kappa shape index (κ3) is 4.64. The fraction of sp³-hybridized carbons (Fsp3) is 0.214. The highest BCUT2D eigenvalue weighted by molar-refractivity contribution is 7.89. The van der Waals surface area contributed by atoms with E-state index < -0.39 is 10.0 Å². The number of aryl methyl sites for hydroxylation is 1. The normalized spacial score (nSPS) is 11.4. The Labute approximate surface area is 118 Å². The Kier molecular flexibility index (Phi) is 4.70. The first-order valence-electron chi connectivity index (χ1n) is 6.27. The predicted molar refractivity (Wildman–Crippen MR) is 79.4 cm³/mol. The van der Waals surface area contributed by atoms with Crippen LogP contribution in [0.15, 0.2) is 48.7 Å². The topological polar surface area (TPSA) is 85.1 Å². The summed E-state index contributed by atoms with van der Waals surface area (Å²) < 4.78 is 26.3. The molecule has 5 nitrogen and oxygen atoms in total. The van der Waals surface area contributed by atoms with Gasteiger partial charge in [-0.15, -0.1) is 0 Å². The zero-order valence-electron chi connectivity index (χ0n) is 11.0. The smallest absolute Gasteiger partial charge is 0.212 e. The summed E-state index contributed by atoms with van der Waals surface area (Å²) in [5.74, 6) is 0.0202. The quantitative estimate of drug-likeness (QED) is 0.786. The lowest BCUT2D eigenvalue weighted by atomic mass is 10.2. The zero-order chi connectivity index (χ0) is 14.4. The van der Waals surface area contributed by atoms with Crippen LogP contribution in [0.1, 0.15) is 11.3 Å². The molecule has 0 amide bonds. The van der Waals surface area contributed by atoms with Crippen LogP contribution in [0.2, 0.25) is 0 Å². The molecule has 0 spiro atoms. The summed E-state index contributed by atoms with van der Waals surface area (Å²) in [5.41, 5.74) is 7.87. The van der Waals surface area contributed by atoms with Gasteiger partial charge in [-0.05, 0) is 29.8 Å². The highest BCUT2D eigenvalue weighted by Crippen LogP contribution is 2.06. The molecule has 0 bridgehead atoms. The number of rotatable bonds is 6. The van der Waals surface area contributed by atoms with Gasteiger partial charge in [-0.2, -0.15) is 0 Å². The molecule has 0 aliphatic carbocycles. The van der Waals surface area contributed by atoms with E-state index in [0.29, 0.717) is 12.1 Å². The molecule has 0 saturated carbocycles. The van der Waals surface area contributed by atoms with Crippen LogP contribution in [-0.2, 0) is 23.0 Å². The lowest BCUT2D eigenvalue weighted by Crippen LogP contribution is -2.27. The molecule has 0 unspecified atom stereocenters. The van der Waals surface area contributed by atoms with Crippen molar-refractivity contribution >= 4 is 15.7 Å². The average molecular weight is 291 g/mol. The minimum absolute atomic E-state index is 0.0202. The molecule has 0 atom stereocenters. The van der Waals surface area contributed by atoms with E-state index in [2.05, 4.69) is 9.71 Å². The molecule has 0 aliphatic rings. The van der Waals surface area contributed by atoms with Gasteiger partial charge in [0.15, 0.2) is 0 Å². The van der Waals surface area contributed by atoms with Crippen molar-refractivity contribution < 1.29 is 8.42 Å². The second-order valence-corrected chi connectivity index (χ2v) is 6.38. The van der Waals surface area contributed by atoms with E-state index in [-0.39, 0.29) is 12.3 Å². The zero-order valence-corrected chi connectivity index (χ0v) is 11.8. The van der Waals surface area contributed by atoms with Crippen LogP contribution in [0.3, 0.4) is 0 Å². The average Bonchev–Trinajstić information content (AvgIpc) is 2.45. The van der Waals surface area contributed by atoms with Crippen LogP contribution in [0.4, 0.5) is 5.69 Å². The molecule has 3 N–H and O–H groups in total. The standard InChI is InChI=1S/C14H17N3O2S/c15-13-5-3-4-12(10-13)11-17-20(18,19)9-7-14-6-1-2-8-16-14/h1-6,8,10,17H,7,9,11,15H2. The Balaban J connectivity index is 1.88. The predicted octanol–water partition coefficient (Wildman–Crippen LogP) is 1.33. The van der Waals surface area contributed by atoms with Gasteiger partial charge < -0.3 is 5.73 Å². The van der Waals surface area contributed by atoms with Crippen LogP contribution in [-0.4, -0.2) is 19.2 Å². The van der Waals surface area contributed by atoms with Crippen molar-refractivity contribution in [1.29, 1.82) is 0 Å². The molecule has 2 rings (SSSR count). The monoisotopic (exact) mass is 291 g/mol. The Bertz CT molecular complexity index is 657. The first-order chi connectivity index (χ1) is 9.55. The SMILES string of the molecule is Nc1cccc(CNS(=O)(=O)CCc2ccccn2)c1. The maximum Gasteiger partial charge on any atom is 0.212 e. The van der Waals surface area contributed by atoms with Crippen molar-refractivity contribution in [2.24, 2.45) is 0 Å². The van der Waals surface area contributed by atoms with E-state index in [1.807, 2.05) is 18.2 Å². The van der Waals surface area contributed by atoms with E-state index in [4.69, 9.17) is 5.73 Å². The molecule has 20 heavy (non-hydrogen) atoms. The third-order valence-electron chi connectivity index (χ3n) is 2.80. The van der Waals surface area contributed by atoms with Crippen LogP contribution in [0, 0.1) is 0 Å². The minimum atomic E-state index is -3.32. The number of anilines is 1. The summed E-state index contributed by atoms with van der Waals surface area (Å²) in [5, 5.41) is 0. The first kappa shape index (κ1) is 14.5. The van der Waals surface area contributed by atoms with Crippen LogP contribution < -0.4 is 10.5 Å². The van der Waals surface area contributed by atoms with Crippen molar-refractivity contribution in [3.8, 4) is 0 Å². The maximum atomic E-state index is 11.9. The number of hydrogen-bond acceptors (Lipinski definition) is 4. The van der Waals surface area contributed by atoms with Crippen LogP contribution in [0.5, 0.6) is 0 Å². The van der Waals surface area contributed by atoms with E-state index in [9.17, 15) is 8.42 Å². The van der Waals surface area contributed by atoms with Crippen molar-refractivity contribution in [2.75, 3.05) is 11.5 Å². The van der Waals surface area contributed by atoms with Gasteiger partial charge in [-0.3, -0.25) is 4.98 Å². The van der Waals surface area contributed by atoms with Gasteiger partial charge in [0, 0.05) is 30.5 Å². The lowest BCUT2D eigenvalue weighted by Gasteiger charge is -2.07. The van der Waals surface area contributed by atoms with Crippen molar-refractivity contribution in [3.63, 3.8) is 0 Å². The Morgan fingerprint density at radius 1 is 1.15 bits per heavy atom. The molecule has 6 heteroatoms. The van der Waals surface area contributed by atoms with Crippen molar-refractivity contribution in [3.05, 3.63) is 59.9 Å². The van der Waals surface area contributed by atoms with E-state index in [0.717, 1.165) is 11.3 Å². The molecule has 0 radical (unpaired) electrons. The molecule has 106 valence electrons. The van der Waals surface area contributed by atoms with Gasteiger partial charge in [0.2, 0.25) is 10.0 Å². The fourth-order valence-corrected chi connectivity index (χ4v) is 2.76. The largest absolute Gasteiger partial charge is 0.399 e. The molecule has 1 heterocycles. The van der Waals surface area contributed by atoms with Crippen molar-refractivity contribution in [1.82, 2.24) is 9.71 Å². The van der Waals surface area contributed by atoms with Gasteiger partial charge in [0.25, 0.3) is 0 Å². The first-order valence-corrected chi connectivity index (χ1v) is 7.92. The molecule has 0 fully saturated rings. The number of nitrogen functional groups attached to an aromatic ring is 1. The molecular weight excluding hydrogens is 274 g/mol. The van der Waals surface area contributed by atoms with Gasteiger partial charge in [0.05, 0.1) is 5.75 Å². The number of nitrogens with zero attached hydrogens (tertiary/aromatic N) is 1. The molecule has 0 saturated heterocycles. The summed E-state index contributed by atoms with van der Waals surface area (Å²) in [6.45, 7) is 0.246. The van der Waals surface area contributed by atoms with Gasteiger partial charge in [-0.25, -0.2) is 13.1 Å². The number of nitrogens with two attached hydrogens (primary N) is 1. The number of benzene rings is 1. The number of pyridine rings is 1. The Morgan fingerprint density at radius 3 is 2.70 bits per heavy atom. The molecule has 0 aliphatic heterocycles. The summed E-state index contributed by atoms with van der Waals surface area (Å²) >= 11 is 0. The number of hydrogen-bond donors (Lipinski definition) is 2. The van der Waals surface area contributed by atoms with Gasteiger partial charge in [0.1, 0.15) is 0 Å². The summed E-state index contributed by atoms with van der Waals surface area (Å²) in [6.07, 6.45) is 2.05. The lowest BCUT2D eigenvalue weighted by molar-refractivity contribution is 0.580. The summed E-state index contributed by atoms with van der Waals surface area (Å²) in [4.78, 5) is 4.10. The number of sulfonamides is 1. The highest BCUT2D eigenvalue weighted by atomic mass is 32.2. The maximum absolute atomic E-state index is 11.9. The molecule has 1 aromatic heterocycles. The molecule has 1 aromatic carbocycles. The summed E-state index contributed by atoms with van der Waals surface area (Å²) in [7, 11) is -3.32. The van der Waals surface area contributed by atoms with Gasteiger partial charge >= 0.3 is 0 Å². The fourth-order valence-electron chi connectivity index (χ4n) is 1.75. The second-order valence-electron chi connectivity index (χ2n) is 4.46. The Hall–Kier alpha value is -1.92. The summed E-state index contributed by atoms with van der Waals surface area (Å²) in [6, 6.07) is 12.6. The van der Waals surface area contributed by atoms with Gasteiger partial charge in [-0.1, -0.05) is 18.2 Å². The van der Waals surface area contributed by atoms with E-state index >= 15 is 0 Å². The van der Waals surface area contributed by atoms with E-state index in [1.165, 1.54) is 0 Å². The third-order valence-corrected chi connectivity index (χ3v) is 4.13. The van der Waals surface area contributed by atoms with Crippen LogP contribution in [0.25, 0.3) is 0 Å².